The van der Waals surface area contributed by atoms with Gasteiger partial charge < -0.3 is 10.1 Å². The Balaban J connectivity index is 1.76. The highest BCUT2D eigenvalue weighted by molar-refractivity contribution is 8.00. The van der Waals surface area contributed by atoms with Gasteiger partial charge in [-0.25, -0.2) is 9.78 Å². The fourth-order valence-corrected chi connectivity index (χ4v) is 3.68. The van der Waals surface area contributed by atoms with Gasteiger partial charge in [-0.05, 0) is 18.9 Å². The summed E-state index contributed by atoms with van der Waals surface area (Å²) in [6, 6.07) is 1.69. The van der Waals surface area contributed by atoms with Crippen molar-refractivity contribution in [2.75, 3.05) is 18.9 Å². The standard InChI is InChI=1S/C16H20N4O4S/c1-19-14-13(15(22)20(2)16(19)23)11(5-6-17-14)25-9-12(21)18-8-10-4-3-7-24-10/h5-6,10H,3-4,7-9H2,1-2H3,(H,18,21)/t10-/m1/s1. The number of aromatic nitrogens is 3. The van der Waals surface area contributed by atoms with Crippen molar-refractivity contribution in [3.8, 4) is 0 Å². The van der Waals surface area contributed by atoms with Crippen molar-refractivity contribution < 1.29 is 9.53 Å². The summed E-state index contributed by atoms with van der Waals surface area (Å²) in [5.74, 6) is 0.0600. The quantitative estimate of drug-likeness (QED) is 0.752. The Morgan fingerprint density at radius 1 is 1.40 bits per heavy atom. The van der Waals surface area contributed by atoms with Gasteiger partial charge in [-0.1, -0.05) is 0 Å². The molecule has 2 aromatic heterocycles. The minimum Gasteiger partial charge on any atom is -0.376 e. The maximum atomic E-state index is 12.4. The highest BCUT2D eigenvalue weighted by Gasteiger charge is 2.17. The number of nitrogens with zero attached hydrogens (tertiary/aromatic N) is 3. The van der Waals surface area contributed by atoms with E-state index in [0.717, 1.165) is 24.0 Å². The molecule has 25 heavy (non-hydrogen) atoms. The van der Waals surface area contributed by atoms with Crippen LogP contribution in [0.15, 0.2) is 26.7 Å². The molecule has 0 aromatic carbocycles. The van der Waals surface area contributed by atoms with E-state index in [1.54, 1.807) is 13.1 Å². The third-order valence-electron chi connectivity index (χ3n) is 4.21. The first-order valence-electron chi connectivity index (χ1n) is 8.05. The predicted molar refractivity (Wildman–Crippen MR) is 94.9 cm³/mol. The summed E-state index contributed by atoms with van der Waals surface area (Å²) in [5, 5.41) is 3.20. The Labute approximate surface area is 148 Å². The summed E-state index contributed by atoms with van der Waals surface area (Å²) in [6.45, 7) is 1.26. The molecule has 1 aliphatic heterocycles. The number of ether oxygens (including phenoxy) is 1. The van der Waals surface area contributed by atoms with Crippen LogP contribution in [0.1, 0.15) is 12.8 Å². The number of thioether (sulfide) groups is 1. The van der Waals surface area contributed by atoms with Crippen LogP contribution in [0.25, 0.3) is 11.0 Å². The molecule has 2 aromatic rings. The van der Waals surface area contributed by atoms with Crippen LogP contribution in [0.4, 0.5) is 0 Å². The van der Waals surface area contributed by atoms with Gasteiger partial charge in [0.1, 0.15) is 5.65 Å². The second-order valence-electron chi connectivity index (χ2n) is 5.94. The predicted octanol–water partition coefficient (Wildman–Crippen LogP) is 0.0195. The van der Waals surface area contributed by atoms with Crippen LogP contribution in [-0.2, 0) is 23.6 Å². The summed E-state index contributed by atoms with van der Waals surface area (Å²) < 4.78 is 7.85. The average molecular weight is 364 g/mol. The topological polar surface area (TPSA) is 95.2 Å². The molecule has 0 radical (unpaired) electrons. The van der Waals surface area contributed by atoms with Crippen molar-refractivity contribution in [1.29, 1.82) is 0 Å². The van der Waals surface area contributed by atoms with Gasteiger partial charge in [0.05, 0.1) is 17.2 Å². The number of fused-ring (bicyclic) bond motifs is 1. The van der Waals surface area contributed by atoms with Crippen molar-refractivity contribution in [3.63, 3.8) is 0 Å². The zero-order valence-electron chi connectivity index (χ0n) is 14.2. The average Bonchev–Trinajstić information content (AvgIpc) is 3.14. The number of pyridine rings is 1. The fraction of sp³-hybridized carbons (Fsp3) is 0.500. The van der Waals surface area contributed by atoms with E-state index < -0.39 is 11.2 Å². The number of rotatable bonds is 5. The molecular weight excluding hydrogens is 344 g/mol. The highest BCUT2D eigenvalue weighted by atomic mass is 32.2. The van der Waals surface area contributed by atoms with E-state index in [1.165, 1.54) is 29.6 Å². The van der Waals surface area contributed by atoms with Crippen molar-refractivity contribution in [2.24, 2.45) is 14.1 Å². The summed E-state index contributed by atoms with van der Waals surface area (Å²) in [5.41, 5.74) is -0.521. The Morgan fingerprint density at radius 3 is 2.92 bits per heavy atom. The molecule has 0 saturated carbocycles. The van der Waals surface area contributed by atoms with Gasteiger partial charge in [0.25, 0.3) is 5.56 Å². The molecule has 3 rings (SSSR count). The number of hydrogen-bond acceptors (Lipinski definition) is 6. The summed E-state index contributed by atoms with van der Waals surface area (Å²) >= 11 is 1.26. The van der Waals surface area contributed by atoms with Crippen molar-refractivity contribution in [2.45, 2.75) is 23.8 Å². The smallest absolute Gasteiger partial charge is 0.332 e. The van der Waals surface area contributed by atoms with Crippen LogP contribution in [0.3, 0.4) is 0 Å². The summed E-state index contributed by atoms with van der Waals surface area (Å²) in [4.78, 5) is 41.3. The maximum absolute atomic E-state index is 12.4. The van der Waals surface area contributed by atoms with Crippen LogP contribution >= 0.6 is 11.8 Å². The van der Waals surface area contributed by atoms with E-state index in [-0.39, 0.29) is 17.8 Å². The monoisotopic (exact) mass is 364 g/mol. The largest absolute Gasteiger partial charge is 0.376 e. The Bertz CT molecular complexity index is 915. The summed E-state index contributed by atoms with van der Waals surface area (Å²) in [6.07, 6.45) is 3.62. The maximum Gasteiger partial charge on any atom is 0.332 e. The zero-order chi connectivity index (χ0) is 18.0. The first kappa shape index (κ1) is 17.7. The zero-order valence-corrected chi connectivity index (χ0v) is 15.0. The lowest BCUT2D eigenvalue weighted by atomic mass is 10.2. The first-order valence-corrected chi connectivity index (χ1v) is 9.03. The first-order chi connectivity index (χ1) is 12.0. The van der Waals surface area contributed by atoms with Crippen molar-refractivity contribution in [3.05, 3.63) is 33.1 Å². The SMILES string of the molecule is Cn1c(=O)c2c(SCC(=O)NC[C@H]3CCCO3)ccnc2n(C)c1=O. The number of nitrogens with one attached hydrogen (secondary N) is 1. The minimum absolute atomic E-state index is 0.0949. The van der Waals surface area contributed by atoms with Gasteiger partial charge in [0, 0.05) is 38.3 Å². The van der Waals surface area contributed by atoms with Gasteiger partial charge in [-0.3, -0.25) is 18.7 Å². The van der Waals surface area contributed by atoms with E-state index in [2.05, 4.69) is 10.3 Å². The number of aryl methyl sites for hydroxylation is 1. The molecule has 1 N–H and O–H groups in total. The Kier molecular flexibility index (Phi) is 5.24. The molecule has 1 atom stereocenters. The second-order valence-corrected chi connectivity index (χ2v) is 6.96. The lowest BCUT2D eigenvalue weighted by molar-refractivity contribution is -0.119. The molecular formula is C16H20N4O4S. The Morgan fingerprint density at radius 2 is 2.20 bits per heavy atom. The number of amides is 1. The molecule has 0 spiro atoms. The summed E-state index contributed by atoms with van der Waals surface area (Å²) in [7, 11) is 3.00. The third kappa shape index (κ3) is 3.62. The van der Waals surface area contributed by atoms with E-state index in [0.29, 0.717) is 22.5 Å². The molecule has 134 valence electrons. The van der Waals surface area contributed by atoms with Gasteiger partial charge >= 0.3 is 5.69 Å². The van der Waals surface area contributed by atoms with Gasteiger partial charge in [0.2, 0.25) is 5.91 Å². The molecule has 0 aliphatic carbocycles. The molecule has 3 heterocycles. The van der Waals surface area contributed by atoms with Crippen molar-refractivity contribution in [1.82, 2.24) is 19.4 Å². The van der Waals surface area contributed by atoms with Gasteiger partial charge in [-0.15, -0.1) is 11.8 Å². The van der Waals surface area contributed by atoms with E-state index in [9.17, 15) is 14.4 Å². The minimum atomic E-state index is -0.429. The van der Waals surface area contributed by atoms with E-state index in [4.69, 9.17) is 4.74 Å². The number of carbonyl (C=O) groups excluding carboxylic acids is 1. The normalized spacial score (nSPS) is 17.1. The van der Waals surface area contributed by atoms with Crippen LogP contribution in [0, 0.1) is 0 Å². The molecule has 1 aliphatic rings. The molecule has 1 amide bonds. The molecule has 0 unspecified atom stereocenters. The molecule has 1 fully saturated rings. The lowest BCUT2D eigenvalue weighted by Gasteiger charge is -2.12. The van der Waals surface area contributed by atoms with E-state index >= 15 is 0 Å². The molecule has 0 bridgehead atoms. The Hall–Kier alpha value is -2.13. The molecule has 9 heteroatoms. The number of hydrogen-bond donors (Lipinski definition) is 1. The van der Waals surface area contributed by atoms with Crippen LogP contribution in [-0.4, -0.2) is 45.0 Å². The molecule has 1 saturated heterocycles. The molecule has 8 nitrogen and oxygen atoms in total. The third-order valence-corrected chi connectivity index (χ3v) is 5.27. The van der Waals surface area contributed by atoms with Crippen LogP contribution in [0.2, 0.25) is 0 Å². The van der Waals surface area contributed by atoms with Crippen molar-refractivity contribution >= 4 is 28.7 Å². The fourth-order valence-electron chi connectivity index (χ4n) is 2.81. The van der Waals surface area contributed by atoms with E-state index in [1.807, 2.05) is 0 Å². The van der Waals surface area contributed by atoms with Gasteiger partial charge in [0.15, 0.2) is 0 Å². The van der Waals surface area contributed by atoms with Crippen LogP contribution in [0.5, 0.6) is 0 Å². The highest BCUT2D eigenvalue weighted by Crippen LogP contribution is 2.23. The number of carbonyl (C=O) groups is 1. The lowest BCUT2D eigenvalue weighted by Crippen LogP contribution is -2.37. The van der Waals surface area contributed by atoms with Crippen LogP contribution < -0.4 is 16.6 Å². The van der Waals surface area contributed by atoms with Gasteiger partial charge in [-0.2, -0.15) is 0 Å². The second kappa shape index (κ2) is 7.40.